The summed E-state index contributed by atoms with van der Waals surface area (Å²) in [5, 5.41) is 18.8. The fourth-order valence-corrected chi connectivity index (χ4v) is 10.3. The highest BCUT2D eigenvalue weighted by Gasteiger charge is 2.78. The standard InChI is InChI=1S/C31H39F2NO5S/c1-16-12-18-19-15-21(32)20-13-17(35)14-22(36)29(20,7)30(19,33)9-8-28(18,6)31(16,25(38)40-11-10-34)39-24(37)23-26(2,3)27(23,4)5/h13-14,16,18-19,21,23,35H,8-9,11-12,15H2,1-7H3/t16-,18+,19+,21+,28+,29-,30-,31+/m1/s1. The van der Waals surface area contributed by atoms with Gasteiger partial charge in [-0.3, -0.25) is 14.4 Å². The first-order chi connectivity index (χ1) is 18.4. The summed E-state index contributed by atoms with van der Waals surface area (Å²) in [4.78, 5) is 41.1. The van der Waals surface area contributed by atoms with Crippen LogP contribution < -0.4 is 0 Å². The molecule has 5 rings (SSSR count). The van der Waals surface area contributed by atoms with Gasteiger partial charge in [-0.1, -0.05) is 53.3 Å². The summed E-state index contributed by atoms with van der Waals surface area (Å²) in [5.74, 6) is -4.04. The Morgan fingerprint density at radius 2 is 1.73 bits per heavy atom. The summed E-state index contributed by atoms with van der Waals surface area (Å²) in [6, 6.07) is 1.98. The van der Waals surface area contributed by atoms with Gasteiger partial charge in [-0.25, -0.2) is 8.78 Å². The van der Waals surface area contributed by atoms with Crippen molar-refractivity contribution in [3.8, 4) is 6.07 Å². The van der Waals surface area contributed by atoms with E-state index in [-0.39, 0.29) is 47.2 Å². The first kappa shape index (κ1) is 29.3. The summed E-state index contributed by atoms with van der Waals surface area (Å²) in [6.45, 7) is 13.0. The highest BCUT2D eigenvalue weighted by Crippen LogP contribution is 2.73. The predicted molar refractivity (Wildman–Crippen MR) is 146 cm³/mol. The van der Waals surface area contributed by atoms with Crippen LogP contribution in [0.3, 0.4) is 0 Å². The van der Waals surface area contributed by atoms with Crippen molar-refractivity contribution in [2.24, 2.45) is 45.3 Å². The second-order valence-corrected chi connectivity index (χ2v) is 15.2. The van der Waals surface area contributed by atoms with Gasteiger partial charge in [0.05, 0.1) is 23.2 Å². The van der Waals surface area contributed by atoms with E-state index >= 15 is 8.78 Å². The van der Waals surface area contributed by atoms with E-state index in [4.69, 9.17) is 4.74 Å². The fraction of sp³-hybridized carbons (Fsp3) is 0.742. The number of fused-ring (bicyclic) bond motifs is 5. The average molecular weight is 576 g/mol. The lowest BCUT2D eigenvalue weighted by molar-refractivity contribution is -0.204. The molecule has 5 aliphatic rings. The Hall–Kier alpha value is -2.21. The Bertz CT molecular complexity index is 1290. The van der Waals surface area contributed by atoms with E-state index in [1.807, 2.05) is 47.6 Å². The minimum Gasteiger partial charge on any atom is -0.508 e. The van der Waals surface area contributed by atoms with Crippen molar-refractivity contribution in [3.05, 3.63) is 23.5 Å². The largest absolute Gasteiger partial charge is 0.508 e. The van der Waals surface area contributed by atoms with Crippen LogP contribution in [0.4, 0.5) is 8.78 Å². The quantitative estimate of drug-likeness (QED) is 0.397. The number of rotatable bonds is 4. The maximum absolute atomic E-state index is 17.5. The molecule has 4 saturated carbocycles. The fourth-order valence-electron chi connectivity index (χ4n) is 9.41. The number of carbonyl (C=O) groups excluding carboxylic acids is 3. The lowest BCUT2D eigenvalue weighted by Crippen LogP contribution is -2.67. The zero-order valence-corrected chi connectivity index (χ0v) is 25.1. The van der Waals surface area contributed by atoms with E-state index in [2.05, 4.69) is 0 Å². The number of alkyl halides is 2. The molecule has 218 valence electrons. The van der Waals surface area contributed by atoms with Gasteiger partial charge in [0.15, 0.2) is 11.4 Å². The molecule has 0 radical (unpaired) electrons. The van der Waals surface area contributed by atoms with Crippen LogP contribution in [0, 0.1) is 56.7 Å². The number of ketones is 1. The van der Waals surface area contributed by atoms with Gasteiger partial charge in [0, 0.05) is 23.3 Å². The number of aliphatic hydroxyl groups is 1. The van der Waals surface area contributed by atoms with Crippen LogP contribution in [0.2, 0.25) is 0 Å². The first-order valence-electron chi connectivity index (χ1n) is 14.1. The van der Waals surface area contributed by atoms with E-state index in [0.29, 0.717) is 6.42 Å². The van der Waals surface area contributed by atoms with Crippen molar-refractivity contribution in [1.82, 2.24) is 0 Å². The van der Waals surface area contributed by atoms with E-state index in [1.54, 1.807) is 0 Å². The Kier molecular flexibility index (Phi) is 6.34. The number of thioether (sulfide) groups is 1. The van der Waals surface area contributed by atoms with Crippen molar-refractivity contribution in [2.45, 2.75) is 91.6 Å². The summed E-state index contributed by atoms with van der Waals surface area (Å²) in [7, 11) is 0. The third kappa shape index (κ3) is 3.29. The highest BCUT2D eigenvalue weighted by atomic mass is 32.2. The molecular formula is C31H39F2NO5S. The summed E-state index contributed by atoms with van der Waals surface area (Å²) < 4.78 is 39.7. The number of nitrogens with zero attached hydrogens (tertiary/aromatic N) is 1. The topological polar surface area (TPSA) is 104 Å². The van der Waals surface area contributed by atoms with Gasteiger partial charge in [-0.05, 0) is 61.0 Å². The Morgan fingerprint density at radius 1 is 1.10 bits per heavy atom. The van der Waals surface area contributed by atoms with Crippen LogP contribution in [0.1, 0.15) is 74.1 Å². The van der Waals surface area contributed by atoms with Gasteiger partial charge >= 0.3 is 5.97 Å². The van der Waals surface area contributed by atoms with E-state index < -0.39 is 68.8 Å². The molecule has 0 heterocycles. The molecule has 8 atom stereocenters. The first-order valence-corrected chi connectivity index (χ1v) is 15.1. The molecule has 0 saturated heterocycles. The summed E-state index contributed by atoms with van der Waals surface area (Å²) >= 11 is 0.808. The van der Waals surface area contributed by atoms with Crippen LogP contribution in [0.5, 0.6) is 0 Å². The number of carbonyl (C=O) groups is 3. The number of nitriles is 1. The molecule has 0 aromatic heterocycles. The van der Waals surface area contributed by atoms with Gasteiger partial charge in [0.1, 0.15) is 17.6 Å². The zero-order chi connectivity index (χ0) is 29.8. The number of aliphatic hydroxyl groups excluding tert-OH is 1. The molecule has 0 aromatic rings. The maximum Gasteiger partial charge on any atom is 0.311 e. The normalized spacial score (nSPS) is 44.8. The van der Waals surface area contributed by atoms with Crippen LogP contribution >= 0.6 is 11.8 Å². The van der Waals surface area contributed by atoms with Crippen LogP contribution in [0.15, 0.2) is 23.5 Å². The number of allylic oxidation sites excluding steroid dienone is 3. The molecule has 0 aromatic carbocycles. The smallest absolute Gasteiger partial charge is 0.311 e. The van der Waals surface area contributed by atoms with Crippen LogP contribution in [-0.4, -0.2) is 45.2 Å². The number of halogens is 2. The van der Waals surface area contributed by atoms with E-state index in [0.717, 1.165) is 17.8 Å². The molecule has 0 spiro atoms. The van der Waals surface area contributed by atoms with Crippen LogP contribution in [-0.2, 0) is 19.1 Å². The number of hydrogen-bond acceptors (Lipinski definition) is 7. The molecule has 0 aliphatic heterocycles. The number of esters is 1. The third-order valence-corrected chi connectivity index (χ3v) is 13.3. The molecule has 9 heteroatoms. The summed E-state index contributed by atoms with van der Waals surface area (Å²) in [6.07, 6.45) is 0.631. The van der Waals surface area contributed by atoms with Crippen LogP contribution in [0.25, 0.3) is 0 Å². The van der Waals surface area contributed by atoms with E-state index in [1.165, 1.54) is 13.0 Å². The van der Waals surface area contributed by atoms with Crippen molar-refractivity contribution in [2.75, 3.05) is 5.75 Å². The van der Waals surface area contributed by atoms with Gasteiger partial charge < -0.3 is 9.84 Å². The molecule has 0 amide bonds. The molecule has 6 nitrogen and oxygen atoms in total. The molecule has 0 bridgehead atoms. The summed E-state index contributed by atoms with van der Waals surface area (Å²) in [5.41, 5.74) is -7.25. The predicted octanol–water partition coefficient (Wildman–Crippen LogP) is 6.21. The number of hydrogen-bond donors (Lipinski definition) is 1. The van der Waals surface area contributed by atoms with Crippen molar-refractivity contribution < 1.29 is 33.0 Å². The SMILES string of the molecule is C[C@@H]1C[C@H]2[C@@H]3C[C@H](F)C4=CC(O)=CC(=O)[C@]4(C)[C@@]3(F)CC[C@]2(C)[C@@]1(OC(=O)C1C(C)(C)C1(C)C)C(=O)SCC#N. The molecule has 4 fully saturated rings. The molecule has 40 heavy (non-hydrogen) atoms. The monoisotopic (exact) mass is 575 g/mol. The maximum atomic E-state index is 17.5. The van der Waals surface area contributed by atoms with Gasteiger partial charge in [0.2, 0.25) is 5.12 Å². The Balaban J connectivity index is 1.59. The third-order valence-electron chi connectivity index (χ3n) is 12.4. The average Bonchev–Trinajstić information content (AvgIpc) is 3.16. The van der Waals surface area contributed by atoms with Gasteiger partial charge in [0.25, 0.3) is 0 Å². The Morgan fingerprint density at radius 3 is 2.30 bits per heavy atom. The second kappa shape index (κ2) is 8.65. The molecule has 5 aliphatic carbocycles. The lowest BCUT2D eigenvalue weighted by atomic mass is 9.44. The minimum atomic E-state index is -2.11. The van der Waals surface area contributed by atoms with Crippen molar-refractivity contribution in [1.29, 1.82) is 5.26 Å². The van der Waals surface area contributed by atoms with Crippen molar-refractivity contribution >= 4 is 28.6 Å². The Labute approximate surface area is 239 Å². The zero-order valence-electron chi connectivity index (χ0n) is 24.3. The molecule has 0 unspecified atom stereocenters. The lowest BCUT2D eigenvalue weighted by Gasteiger charge is -2.61. The number of ether oxygens (including phenoxy) is 1. The molecule has 1 N–H and O–H groups in total. The minimum absolute atomic E-state index is 0.0394. The second-order valence-electron chi connectivity index (χ2n) is 14.3. The molecular weight excluding hydrogens is 536 g/mol. The van der Waals surface area contributed by atoms with Crippen molar-refractivity contribution in [3.63, 3.8) is 0 Å². The van der Waals surface area contributed by atoms with Gasteiger partial charge in [-0.15, -0.1) is 0 Å². The highest BCUT2D eigenvalue weighted by molar-refractivity contribution is 8.14. The van der Waals surface area contributed by atoms with E-state index in [9.17, 15) is 24.8 Å². The van der Waals surface area contributed by atoms with Gasteiger partial charge in [-0.2, -0.15) is 5.26 Å².